The zero-order valence-electron chi connectivity index (χ0n) is 20.4. The third kappa shape index (κ3) is 4.89. The van der Waals surface area contributed by atoms with Gasteiger partial charge in [-0.2, -0.15) is 0 Å². The van der Waals surface area contributed by atoms with Gasteiger partial charge in [-0.05, 0) is 42.3 Å². The van der Waals surface area contributed by atoms with Crippen molar-refractivity contribution in [3.8, 4) is 11.5 Å². The van der Waals surface area contributed by atoms with Crippen molar-refractivity contribution < 1.29 is 19.1 Å². The molecular formula is C28H30N4O4. The number of nitrogens with two attached hydrogens (primary N) is 1. The zero-order valence-corrected chi connectivity index (χ0v) is 20.4. The molecule has 0 aliphatic carbocycles. The van der Waals surface area contributed by atoms with E-state index >= 15 is 0 Å². The standard InChI is InChI=1S/C28H30N4O4/c1-4-36-25-15-20(13-14-24(25)35-3)23(16-29)32-27(33)21-11-8-12-22(26(21)28(32)34)31-18(2)30-17-19-9-6-5-7-10-19/h5-15,23,30-31H,2,4,16-17,29H2,1,3H3. The Hall–Kier alpha value is -4.30. The molecule has 8 heteroatoms. The van der Waals surface area contributed by atoms with Gasteiger partial charge in [0.2, 0.25) is 0 Å². The van der Waals surface area contributed by atoms with Crippen molar-refractivity contribution in [1.82, 2.24) is 10.2 Å². The first-order valence-electron chi connectivity index (χ1n) is 11.7. The van der Waals surface area contributed by atoms with Crippen LogP contribution in [-0.2, 0) is 6.54 Å². The first kappa shape index (κ1) is 24.8. The first-order valence-corrected chi connectivity index (χ1v) is 11.7. The molecule has 0 saturated carbocycles. The molecule has 0 saturated heterocycles. The van der Waals surface area contributed by atoms with Crippen molar-refractivity contribution in [2.45, 2.75) is 19.5 Å². The molecule has 1 aliphatic rings. The Morgan fingerprint density at radius 1 is 1.03 bits per heavy atom. The second-order valence-corrected chi connectivity index (χ2v) is 8.25. The van der Waals surface area contributed by atoms with E-state index in [1.165, 1.54) is 4.90 Å². The molecule has 4 rings (SSSR count). The number of nitrogens with one attached hydrogen (secondary N) is 2. The van der Waals surface area contributed by atoms with Gasteiger partial charge in [0, 0.05) is 13.1 Å². The molecule has 1 heterocycles. The van der Waals surface area contributed by atoms with Gasteiger partial charge in [-0.15, -0.1) is 0 Å². The van der Waals surface area contributed by atoms with E-state index in [2.05, 4.69) is 17.2 Å². The molecule has 3 aromatic carbocycles. The van der Waals surface area contributed by atoms with Crippen molar-refractivity contribution in [2.75, 3.05) is 25.6 Å². The van der Waals surface area contributed by atoms with E-state index in [-0.39, 0.29) is 6.54 Å². The Labute approximate surface area is 210 Å². The maximum Gasteiger partial charge on any atom is 0.264 e. The van der Waals surface area contributed by atoms with Crippen LogP contribution in [0.25, 0.3) is 0 Å². The van der Waals surface area contributed by atoms with Crippen molar-refractivity contribution in [3.05, 3.63) is 101 Å². The molecule has 3 aromatic rings. The molecule has 0 aromatic heterocycles. The average molecular weight is 487 g/mol. The molecule has 2 amide bonds. The fourth-order valence-corrected chi connectivity index (χ4v) is 4.26. The number of methoxy groups -OCH3 is 1. The monoisotopic (exact) mass is 486 g/mol. The van der Waals surface area contributed by atoms with Gasteiger partial charge in [0.25, 0.3) is 11.8 Å². The number of fused-ring (bicyclic) bond motifs is 1. The fourth-order valence-electron chi connectivity index (χ4n) is 4.26. The van der Waals surface area contributed by atoms with Crippen LogP contribution in [0.5, 0.6) is 11.5 Å². The highest BCUT2D eigenvalue weighted by atomic mass is 16.5. The highest BCUT2D eigenvalue weighted by molar-refractivity contribution is 6.24. The Morgan fingerprint density at radius 2 is 1.81 bits per heavy atom. The second-order valence-electron chi connectivity index (χ2n) is 8.25. The van der Waals surface area contributed by atoms with Crippen LogP contribution in [0.3, 0.4) is 0 Å². The summed E-state index contributed by atoms with van der Waals surface area (Å²) < 4.78 is 11.0. The summed E-state index contributed by atoms with van der Waals surface area (Å²) >= 11 is 0. The minimum atomic E-state index is -0.672. The van der Waals surface area contributed by atoms with E-state index in [0.717, 1.165) is 5.56 Å². The Balaban J connectivity index is 1.58. The minimum Gasteiger partial charge on any atom is -0.493 e. The Kier molecular flexibility index (Phi) is 7.56. The second kappa shape index (κ2) is 11.0. The summed E-state index contributed by atoms with van der Waals surface area (Å²) in [5, 5.41) is 6.35. The van der Waals surface area contributed by atoms with Crippen molar-refractivity contribution in [3.63, 3.8) is 0 Å². The number of anilines is 1. The SMILES string of the molecule is C=C(NCc1ccccc1)Nc1cccc2c1C(=O)N(C(CN)c1ccc(OC)c(OCC)c1)C2=O. The number of imide groups is 1. The largest absolute Gasteiger partial charge is 0.493 e. The number of ether oxygens (including phenoxy) is 2. The van der Waals surface area contributed by atoms with E-state index < -0.39 is 17.9 Å². The third-order valence-electron chi connectivity index (χ3n) is 5.99. The van der Waals surface area contributed by atoms with Crippen LogP contribution in [0.2, 0.25) is 0 Å². The van der Waals surface area contributed by atoms with Gasteiger partial charge < -0.3 is 25.8 Å². The first-order chi connectivity index (χ1) is 17.5. The van der Waals surface area contributed by atoms with E-state index in [4.69, 9.17) is 15.2 Å². The summed E-state index contributed by atoms with van der Waals surface area (Å²) in [5.74, 6) is 0.782. The molecular weight excluding hydrogens is 456 g/mol. The van der Waals surface area contributed by atoms with Crippen LogP contribution in [0, 0.1) is 0 Å². The summed E-state index contributed by atoms with van der Waals surface area (Å²) in [4.78, 5) is 28.2. The predicted molar refractivity (Wildman–Crippen MR) is 139 cm³/mol. The van der Waals surface area contributed by atoms with Crippen molar-refractivity contribution >= 4 is 17.5 Å². The fraction of sp³-hybridized carbons (Fsp3) is 0.214. The molecule has 0 bridgehead atoms. The average Bonchev–Trinajstić information content (AvgIpc) is 3.15. The topological polar surface area (TPSA) is 106 Å². The Bertz CT molecular complexity index is 1280. The van der Waals surface area contributed by atoms with Gasteiger partial charge in [0.15, 0.2) is 11.5 Å². The number of carbonyl (C=O) groups excluding carboxylic acids is 2. The molecule has 0 spiro atoms. The van der Waals surface area contributed by atoms with Crippen molar-refractivity contribution in [2.24, 2.45) is 5.73 Å². The third-order valence-corrected chi connectivity index (χ3v) is 5.99. The Morgan fingerprint density at radius 3 is 2.50 bits per heavy atom. The quantitative estimate of drug-likeness (QED) is 0.351. The van der Waals surface area contributed by atoms with Crippen LogP contribution in [0.15, 0.2) is 79.1 Å². The van der Waals surface area contributed by atoms with Crippen LogP contribution < -0.4 is 25.8 Å². The van der Waals surface area contributed by atoms with Crippen LogP contribution >= 0.6 is 0 Å². The number of carbonyl (C=O) groups is 2. The summed E-state index contributed by atoms with van der Waals surface area (Å²) in [5.41, 5.74) is 8.98. The smallest absolute Gasteiger partial charge is 0.264 e. The number of benzene rings is 3. The maximum absolute atomic E-state index is 13.6. The number of rotatable bonds is 11. The van der Waals surface area contributed by atoms with Crippen LogP contribution in [-0.4, -0.2) is 37.0 Å². The lowest BCUT2D eigenvalue weighted by Crippen LogP contribution is -2.38. The highest BCUT2D eigenvalue weighted by Gasteiger charge is 2.42. The zero-order chi connectivity index (χ0) is 25.7. The molecule has 0 radical (unpaired) electrons. The number of hydrogen-bond acceptors (Lipinski definition) is 7. The predicted octanol–water partition coefficient (Wildman–Crippen LogP) is 4.06. The van der Waals surface area contributed by atoms with Gasteiger partial charge in [-0.25, -0.2) is 0 Å². The lowest BCUT2D eigenvalue weighted by atomic mass is 10.0. The molecule has 1 aliphatic heterocycles. The van der Waals surface area contributed by atoms with Crippen molar-refractivity contribution in [1.29, 1.82) is 0 Å². The number of hydrogen-bond donors (Lipinski definition) is 3. The highest BCUT2D eigenvalue weighted by Crippen LogP contribution is 2.37. The minimum absolute atomic E-state index is 0.0530. The maximum atomic E-state index is 13.6. The van der Waals surface area contributed by atoms with E-state index in [1.54, 1.807) is 43.5 Å². The lowest BCUT2D eigenvalue weighted by Gasteiger charge is -2.26. The molecule has 186 valence electrons. The van der Waals surface area contributed by atoms with Gasteiger partial charge >= 0.3 is 0 Å². The summed E-state index contributed by atoms with van der Waals surface area (Å²) in [6.45, 7) is 6.95. The number of nitrogens with zero attached hydrogens (tertiary/aromatic N) is 1. The molecule has 1 unspecified atom stereocenters. The van der Waals surface area contributed by atoms with E-state index in [1.807, 2.05) is 37.3 Å². The van der Waals surface area contributed by atoms with Crippen LogP contribution in [0.1, 0.15) is 44.8 Å². The normalized spacial score (nSPS) is 13.2. The van der Waals surface area contributed by atoms with Gasteiger partial charge in [-0.1, -0.05) is 49.0 Å². The summed E-state index contributed by atoms with van der Waals surface area (Å²) in [6.07, 6.45) is 0. The summed E-state index contributed by atoms with van der Waals surface area (Å²) in [6, 6.07) is 19.6. The van der Waals surface area contributed by atoms with Gasteiger partial charge in [0.1, 0.15) is 0 Å². The van der Waals surface area contributed by atoms with Crippen LogP contribution in [0.4, 0.5) is 5.69 Å². The number of amides is 2. The molecule has 1 atom stereocenters. The molecule has 4 N–H and O–H groups in total. The van der Waals surface area contributed by atoms with Gasteiger partial charge in [0.05, 0.1) is 42.4 Å². The van der Waals surface area contributed by atoms with Gasteiger partial charge in [-0.3, -0.25) is 14.5 Å². The molecule has 0 fully saturated rings. The lowest BCUT2D eigenvalue weighted by molar-refractivity contribution is 0.0587. The van der Waals surface area contributed by atoms with E-state index in [0.29, 0.717) is 52.8 Å². The summed E-state index contributed by atoms with van der Waals surface area (Å²) in [7, 11) is 1.55. The molecule has 8 nitrogen and oxygen atoms in total. The van der Waals surface area contributed by atoms with E-state index in [9.17, 15) is 9.59 Å². The molecule has 36 heavy (non-hydrogen) atoms.